The third kappa shape index (κ3) is 3.53. The molecule has 1 aromatic rings. The molecule has 1 aliphatic heterocycles. The average Bonchev–Trinajstić information content (AvgIpc) is 2.48. The molecule has 1 aromatic carbocycles. The van der Waals surface area contributed by atoms with Gasteiger partial charge in [-0.3, -0.25) is 4.90 Å². The summed E-state index contributed by atoms with van der Waals surface area (Å²) in [6.07, 6.45) is 1.63. The van der Waals surface area contributed by atoms with E-state index >= 15 is 0 Å². The van der Waals surface area contributed by atoms with Gasteiger partial charge in [0.2, 0.25) is 0 Å². The van der Waals surface area contributed by atoms with Gasteiger partial charge in [0.15, 0.2) is 0 Å². The van der Waals surface area contributed by atoms with Crippen molar-refractivity contribution in [2.45, 2.75) is 30.9 Å². The van der Waals surface area contributed by atoms with Gasteiger partial charge in [-0.1, -0.05) is 30.3 Å². The molecule has 1 fully saturated rings. The summed E-state index contributed by atoms with van der Waals surface area (Å²) < 4.78 is 33.9. The van der Waals surface area contributed by atoms with Crippen molar-refractivity contribution in [2.24, 2.45) is 5.73 Å². The number of piperidine rings is 1. The number of likely N-dealkylation sites (tertiary alicyclic amines) is 1. The molecule has 0 bridgehead atoms. The zero-order chi connectivity index (χ0) is 14.6. The first-order valence-electron chi connectivity index (χ1n) is 6.97. The number of nitrogens with two attached hydrogens (primary N) is 1. The predicted molar refractivity (Wildman–Crippen MR) is 74.8 cm³/mol. The Bertz CT molecular complexity index is 414. The van der Waals surface area contributed by atoms with Crippen LogP contribution in [0.2, 0.25) is 0 Å². The highest BCUT2D eigenvalue weighted by Gasteiger charge is 2.38. The topological polar surface area (TPSA) is 38.5 Å². The van der Waals surface area contributed by atoms with E-state index in [4.69, 9.17) is 10.5 Å². The number of alkyl halides is 2. The van der Waals surface area contributed by atoms with Crippen LogP contribution >= 0.6 is 0 Å². The van der Waals surface area contributed by atoms with Crippen LogP contribution in [0.3, 0.4) is 0 Å². The fourth-order valence-electron chi connectivity index (χ4n) is 2.76. The Hall–Kier alpha value is -1.04. The third-order valence-electron chi connectivity index (χ3n) is 3.99. The second-order valence-electron chi connectivity index (χ2n) is 5.31. The molecule has 2 rings (SSSR count). The molecule has 5 heteroatoms. The molecule has 0 amide bonds. The van der Waals surface area contributed by atoms with E-state index in [2.05, 4.69) is 0 Å². The van der Waals surface area contributed by atoms with Gasteiger partial charge in [0.1, 0.15) is 0 Å². The predicted octanol–water partition coefficient (Wildman–Crippen LogP) is 2.22. The number of methoxy groups -OCH3 is 1. The van der Waals surface area contributed by atoms with E-state index in [1.807, 2.05) is 0 Å². The lowest BCUT2D eigenvalue weighted by Crippen LogP contribution is -2.51. The molecule has 1 saturated heterocycles. The molecule has 1 heterocycles. The molecule has 112 valence electrons. The quantitative estimate of drug-likeness (QED) is 0.901. The minimum atomic E-state index is -2.85. The van der Waals surface area contributed by atoms with E-state index < -0.39 is 5.92 Å². The lowest BCUT2D eigenvalue weighted by Gasteiger charge is -2.40. The molecule has 0 spiro atoms. The fraction of sp³-hybridized carbons (Fsp3) is 0.600. The largest absolute Gasteiger partial charge is 0.381 e. The van der Waals surface area contributed by atoms with Crippen molar-refractivity contribution in [3.05, 3.63) is 35.9 Å². The average molecular weight is 284 g/mol. The van der Waals surface area contributed by atoms with Crippen LogP contribution in [-0.4, -0.2) is 43.8 Å². The van der Waals surface area contributed by atoms with Gasteiger partial charge in [-0.15, -0.1) is 0 Å². The number of hydrogen-bond acceptors (Lipinski definition) is 3. The van der Waals surface area contributed by atoms with Gasteiger partial charge in [-0.25, -0.2) is 0 Å². The van der Waals surface area contributed by atoms with Crippen LogP contribution in [0.1, 0.15) is 18.4 Å². The second-order valence-corrected chi connectivity index (χ2v) is 5.31. The number of nitrogens with zero attached hydrogens (tertiary/aromatic N) is 1. The second kappa shape index (κ2) is 6.61. The Morgan fingerprint density at radius 2 is 2.05 bits per heavy atom. The standard InChI is InChI=1S/C15H22F2N2O/c1-20-14-7-8-19(13(9-14)10-18)11-15(16,17)12-5-3-2-4-6-12/h2-6,13-14H,7-11,18H2,1H3. The van der Waals surface area contributed by atoms with Gasteiger partial charge in [0.25, 0.3) is 5.92 Å². The highest BCUT2D eigenvalue weighted by molar-refractivity contribution is 5.20. The summed E-state index contributed by atoms with van der Waals surface area (Å²) in [7, 11) is 1.66. The van der Waals surface area contributed by atoms with Crippen LogP contribution in [0.15, 0.2) is 30.3 Å². The lowest BCUT2D eigenvalue weighted by atomic mass is 9.97. The highest BCUT2D eigenvalue weighted by atomic mass is 19.3. The molecule has 2 N–H and O–H groups in total. The molecule has 0 aromatic heterocycles. The molecular weight excluding hydrogens is 262 g/mol. The van der Waals surface area contributed by atoms with E-state index in [9.17, 15) is 8.78 Å². The zero-order valence-electron chi connectivity index (χ0n) is 11.8. The van der Waals surface area contributed by atoms with E-state index in [0.717, 1.165) is 12.8 Å². The number of rotatable bonds is 5. The first-order valence-corrected chi connectivity index (χ1v) is 6.97. The Balaban J connectivity index is 2.05. The van der Waals surface area contributed by atoms with E-state index in [0.29, 0.717) is 13.1 Å². The maximum absolute atomic E-state index is 14.3. The SMILES string of the molecule is COC1CCN(CC(F)(F)c2ccccc2)C(CN)C1. The van der Waals surface area contributed by atoms with Crippen molar-refractivity contribution < 1.29 is 13.5 Å². The van der Waals surface area contributed by atoms with Crippen LogP contribution in [0.5, 0.6) is 0 Å². The number of benzene rings is 1. The maximum Gasteiger partial charge on any atom is 0.285 e. The summed E-state index contributed by atoms with van der Waals surface area (Å²) in [6, 6.07) is 7.93. The lowest BCUT2D eigenvalue weighted by molar-refractivity contribution is -0.0696. The van der Waals surface area contributed by atoms with Gasteiger partial charge < -0.3 is 10.5 Å². The van der Waals surface area contributed by atoms with Gasteiger partial charge in [-0.05, 0) is 12.8 Å². The number of halogens is 2. The molecule has 0 radical (unpaired) electrons. The van der Waals surface area contributed by atoms with Crippen LogP contribution in [-0.2, 0) is 10.7 Å². The Kier molecular flexibility index (Phi) is 5.07. The normalized spacial score (nSPS) is 24.8. The van der Waals surface area contributed by atoms with Gasteiger partial charge >= 0.3 is 0 Å². The third-order valence-corrected chi connectivity index (χ3v) is 3.99. The minimum absolute atomic E-state index is 0.0386. The smallest absolute Gasteiger partial charge is 0.285 e. The van der Waals surface area contributed by atoms with Crippen molar-refractivity contribution in [3.63, 3.8) is 0 Å². The van der Waals surface area contributed by atoms with Gasteiger partial charge in [0, 0.05) is 31.8 Å². The van der Waals surface area contributed by atoms with Crippen LogP contribution < -0.4 is 5.73 Å². The summed E-state index contributed by atoms with van der Waals surface area (Å²) in [6.45, 7) is 0.697. The summed E-state index contributed by atoms with van der Waals surface area (Å²) in [5.41, 5.74) is 5.79. The zero-order valence-corrected chi connectivity index (χ0v) is 11.8. The van der Waals surface area contributed by atoms with Crippen molar-refractivity contribution in [2.75, 3.05) is 26.7 Å². The van der Waals surface area contributed by atoms with Crippen LogP contribution in [0.4, 0.5) is 8.78 Å². The summed E-state index contributed by atoms with van der Waals surface area (Å²) in [5.74, 6) is -2.85. The molecular formula is C15H22F2N2O. The molecule has 2 atom stereocenters. The first-order chi connectivity index (χ1) is 9.56. The van der Waals surface area contributed by atoms with E-state index in [-0.39, 0.29) is 24.3 Å². The number of ether oxygens (including phenoxy) is 1. The molecule has 2 unspecified atom stereocenters. The van der Waals surface area contributed by atoms with Crippen molar-refractivity contribution in [1.82, 2.24) is 4.90 Å². The maximum atomic E-state index is 14.3. The van der Waals surface area contributed by atoms with Crippen LogP contribution in [0, 0.1) is 0 Å². The monoisotopic (exact) mass is 284 g/mol. The van der Waals surface area contributed by atoms with Crippen LogP contribution in [0.25, 0.3) is 0 Å². The molecule has 0 aliphatic carbocycles. The summed E-state index contributed by atoms with van der Waals surface area (Å²) in [5, 5.41) is 0. The Labute approximate surface area is 118 Å². The fourth-order valence-corrected chi connectivity index (χ4v) is 2.76. The highest BCUT2D eigenvalue weighted by Crippen LogP contribution is 2.31. The molecule has 1 aliphatic rings. The molecule has 20 heavy (non-hydrogen) atoms. The van der Waals surface area contributed by atoms with Gasteiger partial charge in [-0.2, -0.15) is 8.78 Å². The first kappa shape index (κ1) is 15.4. The van der Waals surface area contributed by atoms with Crippen molar-refractivity contribution >= 4 is 0 Å². The molecule has 3 nitrogen and oxygen atoms in total. The summed E-state index contributed by atoms with van der Waals surface area (Å²) >= 11 is 0. The van der Waals surface area contributed by atoms with E-state index in [1.54, 1.807) is 30.2 Å². The van der Waals surface area contributed by atoms with Gasteiger partial charge in [0.05, 0.1) is 12.6 Å². The Morgan fingerprint density at radius 1 is 1.35 bits per heavy atom. The van der Waals surface area contributed by atoms with E-state index in [1.165, 1.54) is 12.1 Å². The van der Waals surface area contributed by atoms with Crippen molar-refractivity contribution in [1.29, 1.82) is 0 Å². The molecule has 0 saturated carbocycles. The minimum Gasteiger partial charge on any atom is -0.381 e. The summed E-state index contributed by atoms with van der Waals surface area (Å²) in [4.78, 5) is 1.79. The number of hydrogen-bond donors (Lipinski definition) is 1. The van der Waals surface area contributed by atoms with Crippen molar-refractivity contribution in [3.8, 4) is 0 Å². The Morgan fingerprint density at radius 3 is 2.65 bits per heavy atom.